The molecule has 0 aromatic heterocycles. The van der Waals surface area contributed by atoms with Gasteiger partial charge in [0.25, 0.3) is 0 Å². The van der Waals surface area contributed by atoms with Crippen molar-refractivity contribution in [1.82, 2.24) is 0 Å². The Hall–Kier alpha value is -0.980. The molecule has 0 aliphatic heterocycles. The maximum Gasteiger partial charge on any atom is 0.119 e. The Morgan fingerprint density at radius 1 is 0.950 bits per heavy atom. The first-order valence-corrected chi connectivity index (χ1v) is 7.93. The van der Waals surface area contributed by atoms with E-state index in [1.54, 1.807) is 0 Å². The smallest absolute Gasteiger partial charge is 0.119 e. The van der Waals surface area contributed by atoms with Crippen LogP contribution in [-0.2, 0) is 5.41 Å². The van der Waals surface area contributed by atoms with Crippen molar-refractivity contribution in [3.63, 3.8) is 0 Å². The molecule has 0 saturated heterocycles. The summed E-state index contributed by atoms with van der Waals surface area (Å²) < 4.78 is 6.00. The highest BCUT2D eigenvalue weighted by Gasteiger charge is 2.17. The normalized spacial score (nSPS) is 13.8. The molecule has 1 aromatic carbocycles. The van der Waals surface area contributed by atoms with Crippen LogP contribution in [0.2, 0.25) is 0 Å². The molecule has 0 spiro atoms. The van der Waals surface area contributed by atoms with E-state index in [1.807, 2.05) is 0 Å². The largest absolute Gasteiger partial charge is 0.493 e. The van der Waals surface area contributed by atoms with Crippen LogP contribution >= 0.6 is 0 Å². The third-order valence-corrected chi connectivity index (χ3v) is 3.90. The molecule has 0 bridgehead atoms. The fraction of sp³-hybridized carbons (Fsp3) is 0.684. The number of ether oxygens (including phenoxy) is 1. The van der Waals surface area contributed by atoms with E-state index < -0.39 is 0 Å². The second kappa shape index (κ2) is 7.15. The average molecular weight is 276 g/mol. The van der Waals surface area contributed by atoms with Crippen molar-refractivity contribution in [2.75, 3.05) is 6.61 Å². The molecule has 0 saturated carbocycles. The van der Waals surface area contributed by atoms with Gasteiger partial charge in [0.05, 0.1) is 6.61 Å². The second-order valence-electron chi connectivity index (χ2n) is 7.72. The van der Waals surface area contributed by atoms with Crippen LogP contribution in [0.4, 0.5) is 0 Å². The van der Waals surface area contributed by atoms with E-state index in [2.05, 4.69) is 72.7 Å². The van der Waals surface area contributed by atoms with E-state index in [-0.39, 0.29) is 5.41 Å². The van der Waals surface area contributed by atoms with Crippen molar-refractivity contribution in [2.24, 2.45) is 17.8 Å². The fourth-order valence-electron chi connectivity index (χ4n) is 2.39. The monoisotopic (exact) mass is 276 g/mol. The van der Waals surface area contributed by atoms with Crippen LogP contribution in [0.5, 0.6) is 5.75 Å². The van der Waals surface area contributed by atoms with Gasteiger partial charge in [-0.05, 0) is 47.3 Å². The van der Waals surface area contributed by atoms with Gasteiger partial charge >= 0.3 is 0 Å². The summed E-state index contributed by atoms with van der Waals surface area (Å²) in [6.07, 6.45) is 1.23. The summed E-state index contributed by atoms with van der Waals surface area (Å²) in [6, 6.07) is 8.57. The highest BCUT2D eigenvalue weighted by molar-refractivity contribution is 5.31. The molecule has 0 N–H and O–H groups in total. The summed E-state index contributed by atoms with van der Waals surface area (Å²) >= 11 is 0. The third kappa shape index (κ3) is 5.56. The van der Waals surface area contributed by atoms with Gasteiger partial charge in [0.1, 0.15) is 5.75 Å². The van der Waals surface area contributed by atoms with Gasteiger partial charge in [-0.1, -0.05) is 60.6 Å². The van der Waals surface area contributed by atoms with Crippen LogP contribution in [0.25, 0.3) is 0 Å². The summed E-state index contributed by atoms with van der Waals surface area (Å²) in [5.74, 6) is 3.03. The highest BCUT2D eigenvalue weighted by Crippen LogP contribution is 2.26. The van der Waals surface area contributed by atoms with E-state index in [0.29, 0.717) is 11.8 Å². The number of rotatable bonds is 6. The molecule has 1 atom stereocenters. The number of hydrogen-bond acceptors (Lipinski definition) is 1. The van der Waals surface area contributed by atoms with Crippen molar-refractivity contribution in [2.45, 2.75) is 60.3 Å². The van der Waals surface area contributed by atoms with Crippen molar-refractivity contribution in [3.05, 3.63) is 29.8 Å². The molecule has 0 aliphatic carbocycles. The van der Waals surface area contributed by atoms with Crippen molar-refractivity contribution in [3.8, 4) is 5.75 Å². The van der Waals surface area contributed by atoms with Crippen LogP contribution in [0.1, 0.15) is 60.5 Å². The van der Waals surface area contributed by atoms with E-state index in [1.165, 1.54) is 12.0 Å². The zero-order chi connectivity index (χ0) is 15.3. The first kappa shape index (κ1) is 17.1. The Balaban J connectivity index is 2.60. The Bertz CT molecular complexity index is 381. The van der Waals surface area contributed by atoms with Gasteiger partial charge in [-0.15, -0.1) is 0 Å². The minimum Gasteiger partial charge on any atom is -0.493 e. The quantitative estimate of drug-likeness (QED) is 0.649. The molecule has 1 unspecified atom stereocenters. The van der Waals surface area contributed by atoms with Gasteiger partial charge in [-0.2, -0.15) is 0 Å². The minimum absolute atomic E-state index is 0.205. The summed E-state index contributed by atoms with van der Waals surface area (Å²) in [7, 11) is 0. The van der Waals surface area contributed by atoms with Crippen molar-refractivity contribution < 1.29 is 4.74 Å². The van der Waals surface area contributed by atoms with E-state index in [0.717, 1.165) is 18.3 Å². The maximum atomic E-state index is 6.00. The second-order valence-corrected chi connectivity index (χ2v) is 7.72. The van der Waals surface area contributed by atoms with Gasteiger partial charge in [-0.3, -0.25) is 0 Å². The van der Waals surface area contributed by atoms with E-state index >= 15 is 0 Å². The average Bonchev–Trinajstić information content (AvgIpc) is 2.33. The van der Waals surface area contributed by atoms with Gasteiger partial charge < -0.3 is 4.74 Å². The lowest BCUT2D eigenvalue weighted by Gasteiger charge is -2.23. The SMILES string of the molecule is CC(C)CC(COc1ccc(C(C)(C)C)cc1)C(C)C. The molecule has 1 rings (SSSR count). The zero-order valence-corrected chi connectivity index (χ0v) is 14.4. The lowest BCUT2D eigenvalue weighted by atomic mass is 9.87. The minimum atomic E-state index is 0.205. The Labute approximate surface area is 125 Å². The molecule has 0 heterocycles. The van der Waals surface area contributed by atoms with Gasteiger partial charge in [0.15, 0.2) is 0 Å². The number of hydrogen-bond donors (Lipinski definition) is 0. The number of benzene rings is 1. The molecule has 1 heteroatoms. The lowest BCUT2D eigenvalue weighted by Crippen LogP contribution is -2.20. The molecule has 0 aliphatic rings. The molecule has 0 fully saturated rings. The molecule has 0 radical (unpaired) electrons. The Kier molecular flexibility index (Phi) is 6.10. The van der Waals surface area contributed by atoms with Gasteiger partial charge in [0, 0.05) is 0 Å². The molecule has 1 nitrogen and oxygen atoms in total. The first-order valence-electron chi connectivity index (χ1n) is 7.93. The Morgan fingerprint density at radius 2 is 1.50 bits per heavy atom. The molecular weight excluding hydrogens is 244 g/mol. The predicted molar refractivity (Wildman–Crippen MR) is 88.4 cm³/mol. The highest BCUT2D eigenvalue weighted by atomic mass is 16.5. The van der Waals surface area contributed by atoms with E-state index in [9.17, 15) is 0 Å². The van der Waals surface area contributed by atoms with Crippen LogP contribution < -0.4 is 4.74 Å². The Morgan fingerprint density at radius 3 is 1.90 bits per heavy atom. The van der Waals surface area contributed by atoms with Gasteiger partial charge in [-0.25, -0.2) is 0 Å². The van der Waals surface area contributed by atoms with E-state index in [4.69, 9.17) is 4.74 Å². The molecule has 0 amide bonds. The predicted octanol–water partition coefficient (Wildman–Crippen LogP) is 5.68. The van der Waals surface area contributed by atoms with Crippen LogP contribution in [-0.4, -0.2) is 6.61 Å². The van der Waals surface area contributed by atoms with Crippen molar-refractivity contribution >= 4 is 0 Å². The van der Waals surface area contributed by atoms with Gasteiger partial charge in [0.2, 0.25) is 0 Å². The third-order valence-electron chi connectivity index (χ3n) is 3.90. The summed E-state index contributed by atoms with van der Waals surface area (Å²) in [5, 5.41) is 0. The molecular formula is C19H32O. The summed E-state index contributed by atoms with van der Waals surface area (Å²) in [5.41, 5.74) is 1.56. The standard InChI is InChI=1S/C19H32O/c1-14(2)12-16(15(3)4)13-20-18-10-8-17(9-11-18)19(5,6)7/h8-11,14-16H,12-13H2,1-7H3. The lowest BCUT2D eigenvalue weighted by molar-refractivity contribution is 0.186. The first-order chi connectivity index (χ1) is 9.20. The maximum absolute atomic E-state index is 6.00. The van der Waals surface area contributed by atoms with Crippen LogP contribution in [0.3, 0.4) is 0 Å². The van der Waals surface area contributed by atoms with Crippen LogP contribution in [0.15, 0.2) is 24.3 Å². The fourth-order valence-corrected chi connectivity index (χ4v) is 2.39. The van der Waals surface area contributed by atoms with Crippen LogP contribution in [0, 0.1) is 17.8 Å². The topological polar surface area (TPSA) is 9.23 Å². The summed E-state index contributed by atoms with van der Waals surface area (Å²) in [6.45, 7) is 16.7. The molecule has 114 valence electrons. The van der Waals surface area contributed by atoms with Crippen molar-refractivity contribution in [1.29, 1.82) is 0 Å². The molecule has 1 aromatic rings. The zero-order valence-electron chi connectivity index (χ0n) is 14.4. The molecule has 20 heavy (non-hydrogen) atoms. The summed E-state index contributed by atoms with van der Waals surface area (Å²) in [4.78, 5) is 0.